The molecule has 0 unspecified atom stereocenters. The molecule has 4 nitrogen and oxygen atoms in total. The predicted molar refractivity (Wildman–Crippen MR) is 54.0 cm³/mol. The van der Waals surface area contributed by atoms with Crippen LogP contribution < -0.4 is 5.32 Å². The summed E-state index contributed by atoms with van der Waals surface area (Å²) in [5.41, 5.74) is 0. The highest BCUT2D eigenvalue weighted by Gasteiger charge is 2.42. The molecule has 0 aromatic heterocycles. The molecule has 4 heteroatoms. The first-order chi connectivity index (χ1) is 7.08. The van der Waals surface area contributed by atoms with Crippen LogP contribution in [0.5, 0.6) is 0 Å². The molecular weight excluding hydrogens is 194 g/mol. The van der Waals surface area contributed by atoms with E-state index in [2.05, 4.69) is 5.32 Å². The number of cyclic esters (lactones) is 1. The Morgan fingerprint density at radius 3 is 2.60 bits per heavy atom. The highest BCUT2D eigenvalue weighted by molar-refractivity contribution is 5.79. The number of carbonyl (C=O) groups is 2. The van der Waals surface area contributed by atoms with Crippen molar-refractivity contribution in [2.24, 2.45) is 11.8 Å². The van der Waals surface area contributed by atoms with E-state index in [0.717, 1.165) is 12.8 Å². The molecule has 2 heterocycles. The molecule has 1 N–H and O–H groups in total. The van der Waals surface area contributed by atoms with Gasteiger partial charge in [-0.25, -0.2) is 0 Å². The van der Waals surface area contributed by atoms with Crippen molar-refractivity contribution >= 4 is 11.9 Å². The van der Waals surface area contributed by atoms with Crippen LogP contribution in [0.3, 0.4) is 0 Å². The number of hydrogen-bond acceptors (Lipinski definition) is 3. The quantitative estimate of drug-likeness (QED) is 0.689. The smallest absolute Gasteiger partial charge is 0.309 e. The molecule has 0 saturated carbocycles. The molecule has 2 fully saturated rings. The molecule has 0 aromatic rings. The monoisotopic (exact) mass is 211 g/mol. The van der Waals surface area contributed by atoms with Crippen molar-refractivity contribution in [2.45, 2.75) is 45.3 Å². The third-order valence-electron chi connectivity index (χ3n) is 3.34. The van der Waals surface area contributed by atoms with Crippen LogP contribution in [0, 0.1) is 11.8 Å². The summed E-state index contributed by atoms with van der Waals surface area (Å²) < 4.78 is 5.31. The molecule has 84 valence electrons. The Bertz CT molecular complexity index is 288. The van der Waals surface area contributed by atoms with Crippen molar-refractivity contribution < 1.29 is 14.3 Å². The third kappa shape index (κ3) is 1.98. The molecule has 3 atom stereocenters. The van der Waals surface area contributed by atoms with Gasteiger partial charge < -0.3 is 10.1 Å². The van der Waals surface area contributed by atoms with Crippen LogP contribution in [0.4, 0.5) is 0 Å². The number of hydrogen-bond donors (Lipinski definition) is 1. The second kappa shape index (κ2) is 3.83. The number of rotatable bonds is 2. The fourth-order valence-electron chi connectivity index (χ4n) is 2.34. The summed E-state index contributed by atoms with van der Waals surface area (Å²) >= 11 is 0. The van der Waals surface area contributed by atoms with Crippen molar-refractivity contribution in [3.05, 3.63) is 0 Å². The Morgan fingerprint density at radius 1 is 1.40 bits per heavy atom. The molecule has 0 radical (unpaired) electrons. The summed E-state index contributed by atoms with van der Waals surface area (Å²) in [5, 5.41) is 2.86. The molecule has 2 saturated heterocycles. The van der Waals surface area contributed by atoms with Gasteiger partial charge in [-0.05, 0) is 18.8 Å². The first-order valence-corrected chi connectivity index (χ1v) is 5.58. The maximum atomic E-state index is 11.5. The van der Waals surface area contributed by atoms with Gasteiger partial charge in [0.25, 0.3) is 0 Å². The molecule has 2 aliphatic heterocycles. The van der Waals surface area contributed by atoms with Gasteiger partial charge in [0.1, 0.15) is 6.10 Å². The van der Waals surface area contributed by atoms with Crippen molar-refractivity contribution in [3.63, 3.8) is 0 Å². The average Bonchev–Trinajstić information content (AvgIpc) is 2.71. The molecule has 2 aliphatic rings. The Balaban J connectivity index is 1.97. The van der Waals surface area contributed by atoms with Gasteiger partial charge in [0.15, 0.2) is 0 Å². The van der Waals surface area contributed by atoms with Gasteiger partial charge in [-0.2, -0.15) is 0 Å². The fourth-order valence-corrected chi connectivity index (χ4v) is 2.34. The molecule has 1 amide bonds. The predicted octanol–water partition coefficient (Wildman–Crippen LogP) is 0.853. The third-order valence-corrected chi connectivity index (χ3v) is 3.34. The standard InChI is InChI=1S/C11H17NO3/c1-6(2)7-5-9(15-11(7)14)8-3-4-10(13)12-8/h6-9H,3-5H2,1-2H3,(H,12,13)/t7-,8-,9-/m0/s1. The Hall–Kier alpha value is -1.06. The Kier molecular flexibility index (Phi) is 2.67. The van der Waals surface area contributed by atoms with Crippen LogP contribution >= 0.6 is 0 Å². The van der Waals surface area contributed by atoms with Gasteiger partial charge in [0.05, 0.1) is 12.0 Å². The van der Waals surface area contributed by atoms with Gasteiger partial charge in [-0.1, -0.05) is 13.8 Å². The van der Waals surface area contributed by atoms with Crippen LogP contribution in [0.1, 0.15) is 33.1 Å². The van der Waals surface area contributed by atoms with E-state index in [1.165, 1.54) is 0 Å². The lowest BCUT2D eigenvalue weighted by atomic mass is 9.91. The number of esters is 1. The minimum Gasteiger partial charge on any atom is -0.460 e. The lowest BCUT2D eigenvalue weighted by molar-refractivity contribution is -0.146. The largest absolute Gasteiger partial charge is 0.460 e. The van der Waals surface area contributed by atoms with E-state index in [-0.39, 0.29) is 29.9 Å². The summed E-state index contributed by atoms with van der Waals surface area (Å²) in [7, 11) is 0. The summed E-state index contributed by atoms with van der Waals surface area (Å²) in [6.07, 6.45) is 2.00. The molecule has 0 bridgehead atoms. The zero-order valence-electron chi connectivity index (χ0n) is 9.16. The van der Waals surface area contributed by atoms with Gasteiger partial charge in [0.2, 0.25) is 5.91 Å². The summed E-state index contributed by atoms with van der Waals surface area (Å²) in [5.74, 6) is 0.298. The zero-order chi connectivity index (χ0) is 11.0. The molecule has 0 aliphatic carbocycles. The molecule has 15 heavy (non-hydrogen) atoms. The summed E-state index contributed by atoms with van der Waals surface area (Å²) in [6.45, 7) is 4.06. The molecule has 0 spiro atoms. The Labute approximate surface area is 89.4 Å². The fraction of sp³-hybridized carbons (Fsp3) is 0.818. The van der Waals surface area contributed by atoms with Gasteiger partial charge in [0, 0.05) is 6.42 Å². The van der Waals surface area contributed by atoms with Crippen LogP contribution in [0.25, 0.3) is 0 Å². The van der Waals surface area contributed by atoms with Crippen molar-refractivity contribution in [1.29, 1.82) is 0 Å². The minimum atomic E-state index is -0.101. The van der Waals surface area contributed by atoms with Gasteiger partial charge >= 0.3 is 5.97 Å². The average molecular weight is 211 g/mol. The summed E-state index contributed by atoms with van der Waals surface area (Å²) in [4.78, 5) is 22.6. The second-order valence-corrected chi connectivity index (χ2v) is 4.77. The van der Waals surface area contributed by atoms with Crippen molar-refractivity contribution in [3.8, 4) is 0 Å². The number of ether oxygens (including phenoxy) is 1. The number of carbonyl (C=O) groups excluding carboxylic acids is 2. The SMILES string of the molecule is CC(C)[C@@H]1C[C@@H]([C@@H]2CCC(=O)N2)OC1=O. The number of amides is 1. The lowest BCUT2D eigenvalue weighted by Crippen LogP contribution is -2.36. The normalized spacial score (nSPS) is 35.8. The van der Waals surface area contributed by atoms with Crippen LogP contribution in [0.2, 0.25) is 0 Å². The van der Waals surface area contributed by atoms with E-state index in [1.54, 1.807) is 0 Å². The minimum absolute atomic E-state index is 0.00695. The number of nitrogens with one attached hydrogen (secondary N) is 1. The first kappa shape index (κ1) is 10.5. The van der Waals surface area contributed by atoms with Crippen molar-refractivity contribution in [1.82, 2.24) is 5.32 Å². The van der Waals surface area contributed by atoms with Gasteiger partial charge in [-0.15, -0.1) is 0 Å². The summed E-state index contributed by atoms with van der Waals surface area (Å²) in [6, 6.07) is 0.0465. The van der Waals surface area contributed by atoms with E-state index in [1.807, 2.05) is 13.8 Å². The van der Waals surface area contributed by atoms with Gasteiger partial charge in [-0.3, -0.25) is 9.59 Å². The Morgan fingerprint density at radius 2 is 2.13 bits per heavy atom. The maximum Gasteiger partial charge on any atom is 0.309 e. The lowest BCUT2D eigenvalue weighted by Gasteiger charge is -2.16. The van der Waals surface area contributed by atoms with Crippen LogP contribution in [-0.4, -0.2) is 24.0 Å². The first-order valence-electron chi connectivity index (χ1n) is 5.58. The molecule has 2 rings (SSSR count). The van der Waals surface area contributed by atoms with Crippen LogP contribution in [-0.2, 0) is 14.3 Å². The van der Waals surface area contributed by atoms with E-state index in [9.17, 15) is 9.59 Å². The highest BCUT2D eigenvalue weighted by atomic mass is 16.6. The topological polar surface area (TPSA) is 55.4 Å². The van der Waals surface area contributed by atoms with E-state index in [0.29, 0.717) is 12.3 Å². The van der Waals surface area contributed by atoms with E-state index < -0.39 is 0 Å². The zero-order valence-corrected chi connectivity index (χ0v) is 9.16. The van der Waals surface area contributed by atoms with Crippen molar-refractivity contribution in [2.75, 3.05) is 0 Å². The molecule has 0 aromatic carbocycles. The maximum absolute atomic E-state index is 11.5. The van der Waals surface area contributed by atoms with E-state index >= 15 is 0 Å². The molecular formula is C11H17NO3. The second-order valence-electron chi connectivity index (χ2n) is 4.77. The highest BCUT2D eigenvalue weighted by Crippen LogP contribution is 2.31. The van der Waals surface area contributed by atoms with Crippen LogP contribution in [0.15, 0.2) is 0 Å². The van der Waals surface area contributed by atoms with E-state index in [4.69, 9.17) is 4.74 Å².